The number of pyridine rings is 1. The van der Waals surface area contributed by atoms with Crippen LogP contribution in [0.2, 0.25) is 0 Å². The third kappa shape index (κ3) is 22.4. The van der Waals surface area contributed by atoms with Crippen LogP contribution < -0.4 is 4.57 Å². The van der Waals surface area contributed by atoms with E-state index in [1.165, 1.54) is 128 Å². The molecule has 0 radical (unpaired) electrons. The van der Waals surface area contributed by atoms with E-state index in [0.29, 0.717) is 13.2 Å². The van der Waals surface area contributed by atoms with E-state index in [1.54, 1.807) is 12.1 Å². The van der Waals surface area contributed by atoms with Gasteiger partial charge >= 0.3 is 0 Å². The van der Waals surface area contributed by atoms with E-state index < -0.39 is 10.1 Å². The van der Waals surface area contributed by atoms with Gasteiger partial charge in [0.05, 0.1) is 18.1 Å². The second-order valence-corrected chi connectivity index (χ2v) is 14.5. The monoisotopic (exact) mass is 675 g/mol. The van der Waals surface area contributed by atoms with Crippen LogP contribution in [0.4, 0.5) is 0 Å². The number of rotatable bonds is 26. The zero-order chi connectivity index (χ0) is 33.8. The fraction of sp³-hybridized carbons (Fsp3) is 0.718. The first-order valence-corrected chi connectivity index (χ1v) is 20.1. The van der Waals surface area contributed by atoms with Crippen LogP contribution in [0, 0.1) is 6.92 Å². The number of ether oxygens (including phenoxy) is 3. The van der Waals surface area contributed by atoms with Gasteiger partial charge < -0.3 is 18.8 Å². The molecule has 1 aliphatic heterocycles. The van der Waals surface area contributed by atoms with E-state index >= 15 is 0 Å². The first-order valence-electron chi connectivity index (χ1n) is 18.7. The average Bonchev–Trinajstić information content (AvgIpc) is 3.52. The molecule has 47 heavy (non-hydrogen) atoms. The molecule has 2 aromatic rings. The first-order chi connectivity index (χ1) is 22.9. The van der Waals surface area contributed by atoms with Gasteiger partial charge in [-0.2, -0.15) is 0 Å². The molecule has 0 aliphatic carbocycles. The molecule has 1 aromatic carbocycles. The number of unbranched alkanes of at least 4 members (excludes halogenated alkanes) is 17. The van der Waals surface area contributed by atoms with Crippen molar-refractivity contribution in [2.24, 2.45) is 0 Å². The summed E-state index contributed by atoms with van der Waals surface area (Å²) < 4.78 is 51.1. The van der Waals surface area contributed by atoms with Crippen LogP contribution in [0.15, 0.2) is 59.8 Å². The highest BCUT2D eigenvalue weighted by molar-refractivity contribution is 7.85. The Hall–Kier alpha value is -1.84. The number of aromatic nitrogens is 1. The number of benzene rings is 1. The number of nitrogens with zero attached hydrogens (tertiary/aromatic N) is 1. The maximum Gasteiger partial charge on any atom is 0.168 e. The first kappa shape index (κ1) is 41.3. The molecule has 7 nitrogen and oxygen atoms in total. The van der Waals surface area contributed by atoms with Crippen LogP contribution >= 0.6 is 0 Å². The molecule has 1 saturated heterocycles. The van der Waals surface area contributed by atoms with Crippen LogP contribution in [-0.2, 0) is 30.9 Å². The van der Waals surface area contributed by atoms with Gasteiger partial charge in [-0.05, 0) is 44.7 Å². The number of hydrogen-bond acceptors (Lipinski definition) is 6. The molecule has 0 amide bonds. The third-order valence-corrected chi connectivity index (χ3v) is 9.55. The molecular weight excluding hydrogens is 610 g/mol. The van der Waals surface area contributed by atoms with Gasteiger partial charge in [0.1, 0.15) is 22.8 Å². The van der Waals surface area contributed by atoms with Crippen molar-refractivity contribution in [3.8, 4) is 0 Å². The number of aryl methyl sites for hydroxylation is 2. The molecule has 1 aromatic heterocycles. The lowest BCUT2D eigenvalue weighted by molar-refractivity contribution is -0.697. The molecule has 0 unspecified atom stereocenters. The van der Waals surface area contributed by atoms with E-state index in [4.69, 9.17) is 14.2 Å². The van der Waals surface area contributed by atoms with Crippen LogP contribution in [-0.4, -0.2) is 45.2 Å². The maximum absolute atomic E-state index is 10.4. The van der Waals surface area contributed by atoms with Gasteiger partial charge in [0.2, 0.25) is 0 Å². The summed E-state index contributed by atoms with van der Waals surface area (Å²) >= 11 is 0. The molecule has 2 atom stereocenters. The standard InChI is InChI=1S/C32H58NO3.C7H8O3S/c1-2-3-4-5-6-7-8-9-10-11-12-13-14-15-19-24-32-35-30-31(36-32)29-34-28-23-17-16-20-25-33-26-21-18-22-27-33;1-6-2-4-7(5-3-6)11(8,9)10/h18,21-22,26-27,31-32H,2-17,19-20,23-25,28-30H2,1H3;2-5H,1H3,(H,8,9,10)/q+1;/p-1/t31-,32-;/m1./s1. The molecule has 0 spiro atoms. The Morgan fingerprint density at radius 1 is 0.745 bits per heavy atom. The highest BCUT2D eigenvalue weighted by Crippen LogP contribution is 2.19. The zero-order valence-electron chi connectivity index (χ0n) is 29.6. The fourth-order valence-corrected chi connectivity index (χ4v) is 6.25. The largest absolute Gasteiger partial charge is 0.744 e. The Labute approximate surface area is 287 Å². The van der Waals surface area contributed by atoms with Crippen molar-refractivity contribution in [3.05, 3.63) is 60.4 Å². The third-order valence-electron chi connectivity index (χ3n) is 8.70. The van der Waals surface area contributed by atoms with E-state index in [-0.39, 0.29) is 17.3 Å². The predicted molar refractivity (Wildman–Crippen MR) is 189 cm³/mol. The summed E-state index contributed by atoms with van der Waals surface area (Å²) in [4.78, 5) is -0.178. The lowest BCUT2D eigenvalue weighted by Crippen LogP contribution is -2.32. The Bertz CT molecular complexity index is 1100. The Balaban J connectivity index is 0.000000587. The second-order valence-electron chi connectivity index (χ2n) is 13.1. The molecule has 0 bridgehead atoms. The van der Waals surface area contributed by atoms with Crippen molar-refractivity contribution in [1.29, 1.82) is 0 Å². The van der Waals surface area contributed by atoms with Gasteiger partial charge in [0.15, 0.2) is 18.7 Å². The van der Waals surface area contributed by atoms with E-state index in [9.17, 15) is 13.0 Å². The van der Waals surface area contributed by atoms with Gasteiger partial charge in [-0.3, -0.25) is 0 Å². The second kappa shape index (κ2) is 27.0. The van der Waals surface area contributed by atoms with Gasteiger partial charge in [0.25, 0.3) is 0 Å². The van der Waals surface area contributed by atoms with Gasteiger partial charge in [-0.15, -0.1) is 0 Å². The van der Waals surface area contributed by atoms with Crippen LogP contribution in [0.3, 0.4) is 0 Å². The molecule has 1 aliphatic rings. The number of hydrogen-bond donors (Lipinski definition) is 0. The molecule has 2 heterocycles. The summed E-state index contributed by atoms with van der Waals surface area (Å²) in [5.74, 6) is 0. The molecule has 0 saturated carbocycles. The SMILES string of the molecule is CCCCCCCCCCCCCCCCC[C@@H]1OC[C@@H](COCCCCCC[n+]2ccccc2)O1.Cc1ccc(S(=O)(=O)[O-])cc1. The predicted octanol–water partition coefficient (Wildman–Crippen LogP) is 9.45. The van der Waals surface area contributed by atoms with E-state index in [0.717, 1.165) is 31.6 Å². The smallest absolute Gasteiger partial charge is 0.168 e. The summed E-state index contributed by atoms with van der Waals surface area (Å²) in [5.41, 5.74) is 0.928. The van der Waals surface area contributed by atoms with Crippen molar-refractivity contribution in [3.63, 3.8) is 0 Å². The molecule has 1 fully saturated rings. The quantitative estimate of drug-likeness (QED) is 0.0561. The normalized spacial score (nSPS) is 16.2. The van der Waals surface area contributed by atoms with Crippen LogP contribution in [0.5, 0.6) is 0 Å². The summed E-state index contributed by atoms with van der Waals surface area (Å²) in [5, 5.41) is 0. The van der Waals surface area contributed by atoms with E-state index in [1.807, 2.05) is 6.92 Å². The summed E-state index contributed by atoms with van der Waals surface area (Å²) in [6.07, 6.45) is 31.4. The Kier molecular flexibility index (Phi) is 23.8. The highest BCUT2D eigenvalue weighted by Gasteiger charge is 2.25. The molecule has 268 valence electrons. The van der Waals surface area contributed by atoms with Crippen molar-refractivity contribution in [2.45, 2.75) is 166 Å². The maximum atomic E-state index is 10.4. The van der Waals surface area contributed by atoms with Crippen LogP contribution in [0.25, 0.3) is 0 Å². The van der Waals surface area contributed by atoms with Crippen molar-refractivity contribution in [2.75, 3.05) is 19.8 Å². The Morgan fingerprint density at radius 2 is 1.28 bits per heavy atom. The summed E-state index contributed by atoms with van der Waals surface area (Å²) in [6.45, 7) is 7.42. The molecule has 3 rings (SSSR count). The van der Waals surface area contributed by atoms with Crippen molar-refractivity contribution < 1.29 is 31.7 Å². The fourth-order valence-electron chi connectivity index (χ4n) is 5.78. The summed E-state index contributed by atoms with van der Waals surface area (Å²) in [7, 11) is -4.27. The topological polar surface area (TPSA) is 88.8 Å². The lowest BCUT2D eigenvalue weighted by atomic mass is 10.0. The lowest BCUT2D eigenvalue weighted by Gasteiger charge is -2.12. The minimum Gasteiger partial charge on any atom is -0.744 e. The summed E-state index contributed by atoms with van der Waals surface area (Å²) in [6, 6.07) is 12.0. The molecule has 8 heteroatoms. The Morgan fingerprint density at radius 3 is 1.85 bits per heavy atom. The average molecular weight is 676 g/mol. The molecular formula is C39H65NO6S. The van der Waals surface area contributed by atoms with Gasteiger partial charge in [0, 0.05) is 25.2 Å². The van der Waals surface area contributed by atoms with Crippen molar-refractivity contribution in [1.82, 2.24) is 0 Å². The zero-order valence-corrected chi connectivity index (χ0v) is 30.4. The van der Waals surface area contributed by atoms with Crippen LogP contribution in [0.1, 0.15) is 141 Å². The molecule has 0 N–H and O–H groups in total. The van der Waals surface area contributed by atoms with Gasteiger partial charge in [-0.25, -0.2) is 13.0 Å². The minimum absolute atomic E-state index is 0.00365. The van der Waals surface area contributed by atoms with Gasteiger partial charge in [-0.1, -0.05) is 127 Å². The van der Waals surface area contributed by atoms with Crippen molar-refractivity contribution >= 4 is 10.1 Å². The van der Waals surface area contributed by atoms with E-state index in [2.05, 4.69) is 42.1 Å². The minimum atomic E-state index is -4.27. The highest BCUT2D eigenvalue weighted by atomic mass is 32.2.